The molecule has 0 radical (unpaired) electrons. The molecule has 0 saturated heterocycles. The molecule has 16 aromatic carbocycles. The number of hydrogen-bond acceptors (Lipinski definition) is 2. The van der Waals surface area contributed by atoms with Gasteiger partial charge < -0.3 is 9.13 Å². The predicted octanol–water partition coefficient (Wildman–Crippen LogP) is 25.1. The van der Waals surface area contributed by atoms with Crippen LogP contribution in [0.1, 0.15) is 0 Å². The fourth-order valence-electron chi connectivity index (χ4n) is 15.8. The Kier molecular flexibility index (Phi) is 11.3. The molecular formula is C88H52N2S2. The minimum atomic E-state index is 1.13. The molecule has 0 atom stereocenters. The average molecular weight is 1200 g/mol. The molecule has 0 spiro atoms. The Morgan fingerprint density at radius 2 is 0.641 bits per heavy atom. The van der Waals surface area contributed by atoms with Crippen LogP contribution in [0.15, 0.2) is 335 Å². The van der Waals surface area contributed by atoms with Crippen molar-refractivity contribution in [3.05, 3.63) is 315 Å². The Bertz CT molecular complexity index is 6200. The summed E-state index contributed by atoms with van der Waals surface area (Å²) in [6, 6.07) is 118. The number of nitrogens with zero attached hydrogens (tertiary/aromatic N) is 2. The largest absolute Gasteiger partial charge is 0.309 e. The number of aromatic nitrogens is 2. The summed E-state index contributed by atoms with van der Waals surface area (Å²) in [4.78, 5) is 5.15. The molecule has 4 heterocycles. The van der Waals surface area contributed by atoms with Crippen molar-refractivity contribution in [3.8, 4) is 89.3 Å². The third kappa shape index (κ3) is 7.60. The van der Waals surface area contributed by atoms with Gasteiger partial charge in [-0.25, -0.2) is 0 Å². The summed E-state index contributed by atoms with van der Waals surface area (Å²) < 4.78 is 5.04. The first-order chi connectivity index (χ1) is 45.7. The number of rotatable bonds is 7. The zero-order valence-corrected chi connectivity index (χ0v) is 51.4. The van der Waals surface area contributed by atoms with Crippen molar-refractivity contribution < 1.29 is 0 Å². The van der Waals surface area contributed by atoms with E-state index >= 15 is 0 Å². The Labute approximate surface area is 539 Å². The first-order valence-electron chi connectivity index (χ1n) is 31.6. The summed E-state index contributed by atoms with van der Waals surface area (Å²) in [6.45, 7) is 0. The van der Waals surface area contributed by atoms with Gasteiger partial charge in [0.1, 0.15) is 0 Å². The third-order valence-corrected chi connectivity index (χ3v) is 22.0. The maximum Gasteiger partial charge on any atom is 0.0619 e. The highest BCUT2D eigenvalue weighted by Gasteiger charge is 2.27. The second-order valence-corrected chi connectivity index (χ2v) is 26.7. The van der Waals surface area contributed by atoms with Crippen molar-refractivity contribution >= 4 is 110 Å². The summed E-state index contributed by atoms with van der Waals surface area (Å²) in [7, 11) is 0. The SMILES string of the molecule is c1ccc(-n2c3cccc(-c4ccccc4-c4ccc5c6c(cccc46)-c4ccc(-c6cccc(-n7c8c(-c9ccccc9-c9ccc%10c%11c(cccc9%11)-c9ccccc9S%10)cccc8c8ccc9ccccc9c87)c6)cc4S5)c3c3ccc4ccccc4c32)cc1. The van der Waals surface area contributed by atoms with Gasteiger partial charge in [0.05, 0.1) is 22.1 Å². The second kappa shape index (κ2) is 20.2. The summed E-state index contributed by atoms with van der Waals surface area (Å²) >= 11 is 3.77. The van der Waals surface area contributed by atoms with Crippen molar-refractivity contribution in [1.29, 1.82) is 0 Å². The van der Waals surface area contributed by atoms with Gasteiger partial charge in [-0.05, 0) is 148 Å². The number of hydrogen-bond donors (Lipinski definition) is 0. The highest BCUT2D eigenvalue weighted by Crippen LogP contribution is 2.54. The Morgan fingerprint density at radius 3 is 1.33 bits per heavy atom. The molecule has 0 aliphatic carbocycles. The van der Waals surface area contributed by atoms with E-state index in [1.807, 2.05) is 23.5 Å². The van der Waals surface area contributed by atoms with E-state index < -0.39 is 0 Å². The molecule has 0 bridgehead atoms. The minimum absolute atomic E-state index is 1.13. The van der Waals surface area contributed by atoms with E-state index in [4.69, 9.17) is 0 Å². The van der Waals surface area contributed by atoms with Gasteiger partial charge in [0.2, 0.25) is 0 Å². The minimum Gasteiger partial charge on any atom is -0.309 e. The molecule has 2 aliphatic rings. The molecule has 0 amide bonds. The maximum atomic E-state index is 2.57. The summed E-state index contributed by atoms with van der Waals surface area (Å²) in [5, 5.41) is 15.1. The lowest BCUT2D eigenvalue weighted by molar-refractivity contribution is 1.19. The quantitative estimate of drug-likeness (QED) is 0.157. The van der Waals surface area contributed by atoms with E-state index in [9.17, 15) is 0 Å². The predicted molar refractivity (Wildman–Crippen MR) is 391 cm³/mol. The van der Waals surface area contributed by atoms with Gasteiger partial charge in [0, 0.05) is 79.6 Å². The van der Waals surface area contributed by atoms with Crippen LogP contribution in [-0.4, -0.2) is 9.13 Å². The Hall–Kier alpha value is -11.1. The molecule has 92 heavy (non-hydrogen) atoms. The van der Waals surface area contributed by atoms with Crippen LogP contribution in [0.4, 0.5) is 0 Å². The van der Waals surface area contributed by atoms with Gasteiger partial charge in [-0.2, -0.15) is 0 Å². The van der Waals surface area contributed by atoms with Crippen molar-refractivity contribution in [2.45, 2.75) is 19.6 Å². The summed E-state index contributed by atoms with van der Waals surface area (Å²) in [6.07, 6.45) is 0. The van der Waals surface area contributed by atoms with Crippen LogP contribution in [-0.2, 0) is 0 Å². The van der Waals surface area contributed by atoms with E-state index in [0.717, 1.165) is 11.4 Å². The van der Waals surface area contributed by atoms with Gasteiger partial charge in [0.25, 0.3) is 0 Å². The fourth-order valence-corrected chi connectivity index (χ4v) is 18.1. The van der Waals surface area contributed by atoms with E-state index in [1.165, 1.54) is 184 Å². The standard InChI is InChI=1S/C88H52N2S2/c1-2-22-57(23-3-1)89-78-39-18-36-69(83(78)77-46-42-54-20-5-7-26-60(54)87(77)89)63-29-10-8-27-61(63)65-48-50-81-85-70(65)33-16-35-73(85)68-44-43-56(52-82(68)92-81)55-21-14-24-58(51-55)90-86-59-25-6-4-19-53(59)41-45-76(86)75-38-17-37-74(88(75)90)64-30-11-9-28-62(64)66-47-49-80-84-71(66)32-15-34-72(84)67-31-12-13-40-79(67)91-80/h1-52H. The lowest BCUT2D eigenvalue weighted by Crippen LogP contribution is -1.98. The van der Waals surface area contributed by atoms with Crippen LogP contribution >= 0.6 is 23.5 Å². The first kappa shape index (κ1) is 51.7. The molecule has 2 nitrogen and oxygen atoms in total. The molecule has 0 N–H and O–H groups in total. The molecule has 0 saturated carbocycles. The van der Waals surface area contributed by atoms with E-state index in [0.29, 0.717) is 0 Å². The lowest BCUT2D eigenvalue weighted by atomic mass is 9.87. The van der Waals surface area contributed by atoms with E-state index in [-0.39, 0.29) is 0 Å². The van der Waals surface area contributed by atoms with Crippen molar-refractivity contribution in [1.82, 2.24) is 9.13 Å². The van der Waals surface area contributed by atoms with Crippen LogP contribution in [0.5, 0.6) is 0 Å². The number of fused-ring (bicyclic) bond motifs is 14. The second-order valence-electron chi connectivity index (χ2n) is 24.5. The zero-order valence-electron chi connectivity index (χ0n) is 49.7. The first-order valence-corrected chi connectivity index (χ1v) is 33.3. The van der Waals surface area contributed by atoms with Crippen LogP contribution in [0.3, 0.4) is 0 Å². The molecule has 0 unspecified atom stereocenters. The molecule has 20 rings (SSSR count). The van der Waals surface area contributed by atoms with Gasteiger partial charge in [-0.3, -0.25) is 0 Å². The highest BCUT2D eigenvalue weighted by molar-refractivity contribution is 8.00. The Balaban J connectivity index is 0.714. The topological polar surface area (TPSA) is 9.86 Å². The molecule has 18 aromatic rings. The highest BCUT2D eigenvalue weighted by atomic mass is 32.2. The summed E-state index contributed by atoms with van der Waals surface area (Å²) in [5.74, 6) is 0. The number of benzene rings is 16. The monoisotopic (exact) mass is 1200 g/mol. The van der Waals surface area contributed by atoms with Gasteiger partial charge in [-0.15, -0.1) is 0 Å². The van der Waals surface area contributed by atoms with Crippen LogP contribution in [0, 0.1) is 0 Å². The average Bonchev–Trinajstić information content (AvgIpc) is 1.41. The van der Waals surface area contributed by atoms with E-state index in [1.54, 1.807) is 0 Å². The van der Waals surface area contributed by atoms with Crippen molar-refractivity contribution in [2.24, 2.45) is 0 Å². The molecule has 4 heteroatoms. The fraction of sp³-hybridized carbons (Fsp3) is 0. The van der Waals surface area contributed by atoms with Gasteiger partial charge >= 0.3 is 0 Å². The normalized spacial score (nSPS) is 12.5. The number of para-hydroxylation sites is 2. The van der Waals surface area contributed by atoms with Gasteiger partial charge in [-0.1, -0.05) is 284 Å². The van der Waals surface area contributed by atoms with Crippen molar-refractivity contribution in [3.63, 3.8) is 0 Å². The van der Waals surface area contributed by atoms with Crippen LogP contribution in [0.25, 0.3) is 176 Å². The molecular weight excluding hydrogens is 1150 g/mol. The smallest absolute Gasteiger partial charge is 0.0619 e. The van der Waals surface area contributed by atoms with E-state index in [2.05, 4.69) is 325 Å². The zero-order chi connectivity index (χ0) is 60.1. The maximum absolute atomic E-state index is 2.57. The molecule has 0 fully saturated rings. The van der Waals surface area contributed by atoms with Crippen LogP contribution in [0.2, 0.25) is 0 Å². The molecule has 2 aromatic heterocycles. The van der Waals surface area contributed by atoms with Crippen LogP contribution < -0.4 is 0 Å². The Morgan fingerprint density at radius 1 is 0.196 bits per heavy atom. The summed E-state index contributed by atoms with van der Waals surface area (Å²) in [5.41, 5.74) is 24.4. The molecule has 426 valence electrons. The molecule has 2 aliphatic heterocycles. The third-order valence-electron chi connectivity index (χ3n) is 19.7. The van der Waals surface area contributed by atoms with Crippen molar-refractivity contribution in [2.75, 3.05) is 0 Å². The van der Waals surface area contributed by atoms with Gasteiger partial charge in [0.15, 0.2) is 0 Å². The lowest BCUT2D eigenvalue weighted by Gasteiger charge is -2.23.